The average Bonchev–Trinajstić information content (AvgIpc) is 2.32. The summed E-state index contributed by atoms with van der Waals surface area (Å²) >= 11 is 0. The van der Waals surface area contributed by atoms with Crippen molar-refractivity contribution in [2.24, 2.45) is 10.9 Å². The maximum absolute atomic E-state index is 11.9. The maximum Gasteiger partial charge on any atom is 0.414 e. The summed E-state index contributed by atoms with van der Waals surface area (Å²) in [6.07, 6.45) is 0.525. The SMILES string of the molecule is C/C(=C/CN=C(NC(=O)OC(C)(C)C)NC(=O)OC(C)(C)C)C(C)C. The Hall–Kier alpha value is -2.05. The highest BCUT2D eigenvalue weighted by molar-refractivity contribution is 6.01. The summed E-state index contributed by atoms with van der Waals surface area (Å²) < 4.78 is 10.4. The van der Waals surface area contributed by atoms with Gasteiger partial charge in [0.1, 0.15) is 11.2 Å². The van der Waals surface area contributed by atoms with E-state index in [4.69, 9.17) is 9.47 Å². The number of hydrogen-bond acceptors (Lipinski definition) is 5. The molecule has 2 N–H and O–H groups in total. The highest BCUT2D eigenvalue weighted by Crippen LogP contribution is 2.08. The molecule has 0 saturated heterocycles. The van der Waals surface area contributed by atoms with Gasteiger partial charge < -0.3 is 9.47 Å². The Labute approximate surface area is 151 Å². The Morgan fingerprint density at radius 2 is 1.36 bits per heavy atom. The van der Waals surface area contributed by atoms with Crippen LogP contribution in [0.1, 0.15) is 62.3 Å². The van der Waals surface area contributed by atoms with Crippen molar-refractivity contribution in [3.63, 3.8) is 0 Å². The largest absolute Gasteiger partial charge is 0.444 e. The van der Waals surface area contributed by atoms with Crippen LogP contribution in [0.5, 0.6) is 0 Å². The van der Waals surface area contributed by atoms with E-state index in [0.717, 1.165) is 5.57 Å². The number of carbonyl (C=O) groups excluding carboxylic acids is 2. The Morgan fingerprint density at radius 1 is 0.960 bits per heavy atom. The number of alkyl carbamates (subject to hydrolysis) is 2. The Morgan fingerprint density at radius 3 is 1.68 bits per heavy atom. The van der Waals surface area contributed by atoms with Gasteiger partial charge in [0.15, 0.2) is 0 Å². The number of nitrogens with one attached hydrogen (secondary N) is 2. The molecule has 0 saturated carbocycles. The molecule has 0 atom stereocenters. The minimum Gasteiger partial charge on any atom is -0.444 e. The third-order valence-electron chi connectivity index (χ3n) is 2.81. The number of allylic oxidation sites excluding steroid dienone is 1. The quantitative estimate of drug-likeness (QED) is 0.455. The van der Waals surface area contributed by atoms with E-state index in [9.17, 15) is 9.59 Å². The lowest BCUT2D eigenvalue weighted by Gasteiger charge is -2.22. The molecule has 0 aromatic rings. The molecule has 0 fully saturated rings. The smallest absolute Gasteiger partial charge is 0.414 e. The molecule has 0 aliphatic rings. The molecule has 0 aliphatic carbocycles. The molecular formula is C18H33N3O4. The fraction of sp³-hybridized carbons (Fsp3) is 0.722. The molecule has 0 spiro atoms. The standard InChI is InChI=1S/C18H33N3O4/c1-12(2)13(3)10-11-19-14(20-15(22)24-17(4,5)6)21-16(23)25-18(7,8)9/h10,12H,11H2,1-9H3,(H2,19,20,21,22,23)/b13-10-. The zero-order chi connectivity index (χ0) is 19.8. The predicted molar refractivity (Wildman–Crippen MR) is 99.6 cm³/mol. The van der Waals surface area contributed by atoms with E-state index < -0.39 is 23.4 Å². The molecule has 144 valence electrons. The van der Waals surface area contributed by atoms with Crippen molar-refractivity contribution in [3.8, 4) is 0 Å². The number of aliphatic imine (C=N–C) groups is 1. The van der Waals surface area contributed by atoms with Crippen LogP contribution >= 0.6 is 0 Å². The molecule has 7 heteroatoms. The van der Waals surface area contributed by atoms with Crippen molar-refractivity contribution < 1.29 is 19.1 Å². The van der Waals surface area contributed by atoms with Crippen LogP contribution in [0.15, 0.2) is 16.6 Å². The first-order valence-electron chi connectivity index (χ1n) is 8.40. The van der Waals surface area contributed by atoms with E-state index in [1.54, 1.807) is 41.5 Å². The number of guanidine groups is 1. The summed E-state index contributed by atoms with van der Waals surface area (Å²) in [6, 6.07) is 0. The van der Waals surface area contributed by atoms with Gasteiger partial charge in [0, 0.05) is 0 Å². The van der Waals surface area contributed by atoms with Crippen molar-refractivity contribution in [3.05, 3.63) is 11.6 Å². The van der Waals surface area contributed by atoms with Gasteiger partial charge in [-0.25, -0.2) is 14.6 Å². The van der Waals surface area contributed by atoms with Crippen LogP contribution < -0.4 is 10.6 Å². The zero-order valence-electron chi connectivity index (χ0n) is 16.9. The number of ether oxygens (including phenoxy) is 2. The second-order valence-corrected chi connectivity index (χ2v) is 8.05. The van der Waals surface area contributed by atoms with Crippen LogP contribution in [-0.2, 0) is 9.47 Å². The number of nitrogens with zero attached hydrogens (tertiary/aromatic N) is 1. The first-order chi connectivity index (χ1) is 11.2. The van der Waals surface area contributed by atoms with E-state index in [1.165, 1.54) is 0 Å². The number of hydrogen-bond donors (Lipinski definition) is 2. The molecule has 0 aliphatic heterocycles. The van der Waals surface area contributed by atoms with Crippen LogP contribution in [0.2, 0.25) is 0 Å². The monoisotopic (exact) mass is 355 g/mol. The van der Waals surface area contributed by atoms with Crippen LogP contribution in [0, 0.1) is 5.92 Å². The summed E-state index contributed by atoms with van der Waals surface area (Å²) in [6.45, 7) is 17.0. The average molecular weight is 355 g/mol. The molecule has 0 aromatic carbocycles. The van der Waals surface area contributed by atoms with Gasteiger partial charge >= 0.3 is 12.2 Å². The summed E-state index contributed by atoms with van der Waals surface area (Å²) in [5, 5.41) is 4.88. The van der Waals surface area contributed by atoms with Gasteiger partial charge in [0.2, 0.25) is 5.96 Å². The molecule has 0 aromatic heterocycles. The Balaban J connectivity index is 5.07. The lowest BCUT2D eigenvalue weighted by atomic mass is 10.1. The highest BCUT2D eigenvalue weighted by atomic mass is 16.6. The topological polar surface area (TPSA) is 89.0 Å². The molecule has 0 unspecified atom stereocenters. The van der Waals surface area contributed by atoms with Crippen molar-refractivity contribution >= 4 is 18.1 Å². The zero-order valence-corrected chi connectivity index (χ0v) is 16.9. The summed E-state index contributed by atoms with van der Waals surface area (Å²) in [5.74, 6) is 0.382. The molecule has 0 radical (unpaired) electrons. The molecule has 0 heterocycles. The Bertz CT molecular complexity index is 491. The lowest BCUT2D eigenvalue weighted by Crippen LogP contribution is -2.47. The molecule has 25 heavy (non-hydrogen) atoms. The van der Waals surface area contributed by atoms with Crippen molar-refractivity contribution in [2.75, 3.05) is 6.54 Å². The molecule has 7 nitrogen and oxygen atoms in total. The van der Waals surface area contributed by atoms with Crippen LogP contribution in [-0.4, -0.2) is 35.9 Å². The van der Waals surface area contributed by atoms with Gasteiger partial charge in [-0.1, -0.05) is 25.5 Å². The molecule has 0 bridgehead atoms. The highest BCUT2D eigenvalue weighted by Gasteiger charge is 2.21. The van der Waals surface area contributed by atoms with E-state index in [2.05, 4.69) is 29.5 Å². The van der Waals surface area contributed by atoms with E-state index in [1.807, 2.05) is 13.0 Å². The van der Waals surface area contributed by atoms with E-state index in [0.29, 0.717) is 12.5 Å². The minimum absolute atomic E-state index is 0.0173. The first kappa shape index (κ1) is 22.9. The fourth-order valence-electron chi connectivity index (χ4n) is 1.43. The molecule has 2 amide bonds. The number of carbonyl (C=O) groups is 2. The normalized spacial score (nSPS) is 12.5. The van der Waals surface area contributed by atoms with Crippen LogP contribution in [0.25, 0.3) is 0 Å². The minimum atomic E-state index is -0.702. The first-order valence-corrected chi connectivity index (χ1v) is 8.40. The maximum atomic E-state index is 11.9. The van der Waals surface area contributed by atoms with Gasteiger partial charge in [0.05, 0.1) is 6.54 Å². The van der Waals surface area contributed by atoms with Gasteiger partial charge in [0.25, 0.3) is 0 Å². The summed E-state index contributed by atoms with van der Waals surface area (Å²) in [4.78, 5) is 28.0. The summed E-state index contributed by atoms with van der Waals surface area (Å²) in [7, 11) is 0. The number of rotatable bonds is 3. The predicted octanol–water partition coefficient (Wildman–Crippen LogP) is 3.99. The van der Waals surface area contributed by atoms with Crippen molar-refractivity contribution in [1.82, 2.24) is 10.6 Å². The summed E-state index contributed by atoms with van der Waals surface area (Å²) in [5.41, 5.74) is -0.151. The van der Waals surface area contributed by atoms with Crippen molar-refractivity contribution in [2.45, 2.75) is 73.5 Å². The lowest BCUT2D eigenvalue weighted by molar-refractivity contribution is 0.0545. The van der Waals surface area contributed by atoms with Gasteiger partial charge in [-0.05, 0) is 54.4 Å². The fourth-order valence-corrected chi connectivity index (χ4v) is 1.43. The second kappa shape index (κ2) is 9.44. The Kier molecular flexibility index (Phi) is 8.66. The van der Waals surface area contributed by atoms with Crippen molar-refractivity contribution in [1.29, 1.82) is 0 Å². The van der Waals surface area contributed by atoms with E-state index >= 15 is 0 Å². The van der Waals surface area contributed by atoms with Gasteiger partial charge in [-0.2, -0.15) is 0 Å². The van der Waals surface area contributed by atoms with Crippen LogP contribution in [0.4, 0.5) is 9.59 Å². The third-order valence-corrected chi connectivity index (χ3v) is 2.81. The van der Waals surface area contributed by atoms with Crippen LogP contribution in [0.3, 0.4) is 0 Å². The van der Waals surface area contributed by atoms with Gasteiger partial charge in [-0.15, -0.1) is 0 Å². The second-order valence-electron chi connectivity index (χ2n) is 8.05. The molecule has 0 rings (SSSR count). The molecular weight excluding hydrogens is 322 g/mol. The number of amides is 2. The van der Waals surface area contributed by atoms with Gasteiger partial charge in [-0.3, -0.25) is 10.6 Å². The third kappa shape index (κ3) is 13.0. The van der Waals surface area contributed by atoms with E-state index in [-0.39, 0.29) is 5.96 Å².